The quantitative estimate of drug-likeness (QED) is 0.670. The van der Waals surface area contributed by atoms with E-state index in [9.17, 15) is 4.79 Å². The molecule has 1 fully saturated rings. The monoisotopic (exact) mass is 329 g/mol. The molecule has 0 radical (unpaired) electrons. The summed E-state index contributed by atoms with van der Waals surface area (Å²) >= 11 is 0. The average molecular weight is 329 g/mol. The lowest BCUT2D eigenvalue weighted by atomic mass is 10.0. The van der Waals surface area contributed by atoms with Crippen molar-refractivity contribution in [2.45, 2.75) is 12.6 Å². The zero-order chi connectivity index (χ0) is 17.1. The zero-order valence-corrected chi connectivity index (χ0v) is 13.8. The first-order valence-electron chi connectivity index (χ1n) is 8.44. The number of benzene rings is 3. The van der Waals surface area contributed by atoms with Gasteiger partial charge >= 0.3 is 6.09 Å². The summed E-state index contributed by atoms with van der Waals surface area (Å²) in [5.41, 5.74) is 4.51. The van der Waals surface area contributed by atoms with Crippen molar-refractivity contribution in [1.82, 2.24) is 4.90 Å². The van der Waals surface area contributed by atoms with Gasteiger partial charge in [0.15, 0.2) is 0 Å². The van der Waals surface area contributed by atoms with Crippen LogP contribution in [0.15, 0.2) is 84.9 Å². The third-order valence-electron chi connectivity index (χ3n) is 4.49. The van der Waals surface area contributed by atoms with Crippen molar-refractivity contribution in [2.24, 2.45) is 0 Å². The maximum absolute atomic E-state index is 12.2. The van der Waals surface area contributed by atoms with Gasteiger partial charge < -0.3 is 4.74 Å². The molecule has 1 heterocycles. The molecular weight excluding hydrogens is 310 g/mol. The van der Waals surface area contributed by atoms with Crippen LogP contribution < -0.4 is 0 Å². The number of nitrogens with zero attached hydrogens (tertiary/aromatic N) is 1. The number of amides is 1. The van der Waals surface area contributed by atoms with Gasteiger partial charge in [0, 0.05) is 6.54 Å². The molecule has 3 aromatic rings. The van der Waals surface area contributed by atoms with Gasteiger partial charge in [0.2, 0.25) is 0 Å². The minimum absolute atomic E-state index is 0.183. The Labute approximate surface area is 147 Å². The third kappa shape index (κ3) is 3.41. The highest BCUT2D eigenvalue weighted by Crippen LogP contribution is 2.27. The summed E-state index contributed by atoms with van der Waals surface area (Å²) in [6.07, 6.45) is -0.432. The molecule has 1 aliphatic rings. The van der Waals surface area contributed by atoms with E-state index < -0.39 is 0 Å². The summed E-state index contributed by atoms with van der Waals surface area (Å²) in [4.78, 5) is 13.9. The number of rotatable bonds is 4. The first-order valence-corrected chi connectivity index (χ1v) is 8.44. The lowest BCUT2D eigenvalue weighted by Gasteiger charge is -2.13. The average Bonchev–Trinajstić information content (AvgIpc) is 3.04. The summed E-state index contributed by atoms with van der Waals surface area (Å²) in [6, 6.07) is 28.5. The second-order valence-electron chi connectivity index (χ2n) is 6.23. The van der Waals surface area contributed by atoms with Crippen LogP contribution in [-0.2, 0) is 11.3 Å². The largest absolute Gasteiger partial charge is 0.439 e. The Kier molecular flexibility index (Phi) is 4.21. The summed E-state index contributed by atoms with van der Waals surface area (Å²) in [7, 11) is 0. The molecule has 1 atom stereocenters. The molecule has 25 heavy (non-hydrogen) atoms. The van der Waals surface area contributed by atoms with Gasteiger partial charge in [0.25, 0.3) is 0 Å². The second-order valence-corrected chi connectivity index (χ2v) is 6.23. The Morgan fingerprint density at radius 3 is 2.08 bits per heavy atom. The van der Waals surface area contributed by atoms with Gasteiger partial charge in [-0.3, -0.25) is 4.90 Å². The molecule has 3 nitrogen and oxygen atoms in total. The van der Waals surface area contributed by atoms with Crippen LogP contribution in [0.4, 0.5) is 4.79 Å². The first kappa shape index (κ1) is 15.5. The molecule has 0 N–H and O–H groups in total. The number of ether oxygens (including phenoxy) is 1. The maximum Gasteiger partial charge on any atom is 0.410 e. The Hall–Kier alpha value is -3.07. The van der Waals surface area contributed by atoms with Crippen LogP contribution >= 0.6 is 0 Å². The molecule has 0 aromatic heterocycles. The second kappa shape index (κ2) is 6.81. The molecule has 0 saturated carbocycles. The van der Waals surface area contributed by atoms with E-state index in [4.69, 9.17) is 4.74 Å². The van der Waals surface area contributed by atoms with Gasteiger partial charge in [-0.1, -0.05) is 84.9 Å². The highest BCUT2D eigenvalue weighted by Gasteiger charge is 2.32. The first-order chi connectivity index (χ1) is 12.3. The SMILES string of the molecule is O=C1O[C@H](c2ccccc2)CN1Cc1ccc(-c2ccccc2)cc1. The topological polar surface area (TPSA) is 29.5 Å². The van der Waals surface area contributed by atoms with Crippen molar-refractivity contribution < 1.29 is 9.53 Å². The summed E-state index contributed by atoms with van der Waals surface area (Å²) < 4.78 is 5.51. The molecule has 3 aromatic carbocycles. The number of hydrogen-bond acceptors (Lipinski definition) is 2. The van der Waals surface area contributed by atoms with E-state index in [0.29, 0.717) is 13.1 Å². The van der Waals surface area contributed by atoms with E-state index in [2.05, 4.69) is 36.4 Å². The van der Waals surface area contributed by atoms with Crippen molar-refractivity contribution in [1.29, 1.82) is 0 Å². The highest BCUT2D eigenvalue weighted by atomic mass is 16.6. The van der Waals surface area contributed by atoms with Crippen molar-refractivity contribution >= 4 is 6.09 Å². The van der Waals surface area contributed by atoms with Crippen molar-refractivity contribution in [3.8, 4) is 11.1 Å². The minimum atomic E-state index is -0.249. The Bertz CT molecular complexity index is 844. The summed E-state index contributed by atoms with van der Waals surface area (Å²) in [5.74, 6) is 0. The zero-order valence-electron chi connectivity index (χ0n) is 13.8. The molecule has 0 unspecified atom stereocenters. The molecule has 124 valence electrons. The van der Waals surface area contributed by atoms with Gasteiger partial charge in [-0.15, -0.1) is 0 Å². The lowest BCUT2D eigenvalue weighted by molar-refractivity contribution is 0.132. The number of carbonyl (C=O) groups excluding carboxylic acids is 1. The smallest absolute Gasteiger partial charge is 0.410 e. The fourth-order valence-electron chi connectivity index (χ4n) is 3.13. The van der Waals surface area contributed by atoms with Gasteiger partial charge in [-0.2, -0.15) is 0 Å². The Morgan fingerprint density at radius 1 is 0.800 bits per heavy atom. The molecule has 0 aliphatic carbocycles. The molecule has 0 bridgehead atoms. The van der Waals surface area contributed by atoms with Gasteiger partial charge in [-0.05, 0) is 22.3 Å². The van der Waals surface area contributed by atoms with E-state index in [1.165, 1.54) is 11.1 Å². The lowest BCUT2D eigenvalue weighted by Crippen LogP contribution is -2.23. The van der Waals surface area contributed by atoms with E-state index in [1.807, 2.05) is 48.5 Å². The van der Waals surface area contributed by atoms with Gasteiger partial charge in [0.05, 0.1) is 6.54 Å². The molecule has 0 spiro atoms. The van der Waals surface area contributed by atoms with Gasteiger partial charge in [-0.25, -0.2) is 4.79 Å². The van der Waals surface area contributed by atoms with E-state index in [-0.39, 0.29) is 12.2 Å². The molecular formula is C22H19NO2. The van der Waals surface area contributed by atoms with Crippen molar-refractivity contribution in [2.75, 3.05) is 6.54 Å². The minimum Gasteiger partial charge on any atom is -0.439 e. The third-order valence-corrected chi connectivity index (χ3v) is 4.49. The maximum atomic E-state index is 12.2. The molecule has 4 rings (SSSR count). The molecule has 3 heteroatoms. The number of hydrogen-bond donors (Lipinski definition) is 0. The molecule has 1 amide bonds. The van der Waals surface area contributed by atoms with Crippen molar-refractivity contribution in [3.63, 3.8) is 0 Å². The Morgan fingerprint density at radius 2 is 1.40 bits per heavy atom. The van der Waals surface area contributed by atoms with Gasteiger partial charge in [0.1, 0.15) is 6.10 Å². The fraction of sp³-hybridized carbons (Fsp3) is 0.136. The Balaban J connectivity index is 1.45. The van der Waals surface area contributed by atoms with Crippen LogP contribution in [0.3, 0.4) is 0 Å². The van der Waals surface area contributed by atoms with Crippen LogP contribution in [0.25, 0.3) is 11.1 Å². The normalized spacial score (nSPS) is 16.7. The molecule has 1 aliphatic heterocycles. The summed E-state index contributed by atoms with van der Waals surface area (Å²) in [5, 5.41) is 0. The van der Waals surface area contributed by atoms with E-state index in [0.717, 1.165) is 11.1 Å². The van der Waals surface area contributed by atoms with Crippen LogP contribution in [-0.4, -0.2) is 17.5 Å². The van der Waals surface area contributed by atoms with Crippen LogP contribution in [0.5, 0.6) is 0 Å². The standard InChI is InChI=1S/C22H19NO2/c24-22-23(16-21(25-22)20-9-5-2-6-10-20)15-17-11-13-19(14-12-17)18-7-3-1-4-8-18/h1-14,21H,15-16H2/t21-/m0/s1. The predicted molar refractivity (Wildman–Crippen MR) is 98.0 cm³/mol. The molecule has 1 saturated heterocycles. The fourth-order valence-corrected chi connectivity index (χ4v) is 3.13. The van der Waals surface area contributed by atoms with Crippen LogP contribution in [0.2, 0.25) is 0 Å². The van der Waals surface area contributed by atoms with Crippen LogP contribution in [0.1, 0.15) is 17.2 Å². The summed E-state index contributed by atoms with van der Waals surface area (Å²) in [6.45, 7) is 1.15. The van der Waals surface area contributed by atoms with E-state index >= 15 is 0 Å². The predicted octanol–water partition coefficient (Wildman–Crippen LogP) is 5.05. The number of carbonyl (C=O) groups is 1. The van der Waals surface area contributed by atoms with Crippen LogP contribution in [0, 0.1) is 0 Å². The van der Waals surface area contributed by atoms with Crippen molar-refractivity contribution in [3.05, 3.63) is 96.1 Å². The number of cyclic esters (lactones) is 1. The highest BCUT2D eigenvalue weighted by molar-refractivity contribution is 5.70. The van der Waals surface area contributed by atoms with E-state index in [1.54, 1.807) is 4.90 Å².